The number of pyridine rings is 1. The van der Waals surface area contributed by atoms with Crippen LogP contribution in [-0.2, 0) is 5.41 Å². The summed E-state index contributed by atoms with van der Waals surface area (Å²) in [5.41, 5.74) is 7.75. The number of rotatable bonds is 3. The molecular weight excluding hydrogens is 262 g/mol. The summed E-state index contributed by atoms with van der Waals surface area (Å²) in [7, 11) is 0. The van der Waals surface area contributed by atoms with E-state index in [0.29, 0.717) is 22.5 Å². The van der Waals surface area contributed by atoms with Gasteiger partial charge in [-0.15, -0.1) is 0 Å². The summed E-state index contributed by atoms with van der Waals surface area (Å²) in [6.45, 7) is 5.48. The fourth-order valence-corrected chi connectivity index (χ4v) is 2.32. The summed E-state index contributed by atoms with van der Waals surface area (Å²) >= 11 is 0. The van der Waals surface area contributed by atoms with Crippen molar-refractivity contribution in [1.82, 2.24) is 4.98 Å². The van der Waals surface area contributed by atoms with Crippen LogP contribution in [0.4, 0.5) is 5.69 Å². The minimum atomic E-state index is -0.833. The monoisotopic (exact) mass is 279 g/mol. The molecule has 1 aromatic carbocycles. The van der Waals surface area contributed by atoms with Crippen LogP contribution in [0, 0.1) is 18.3 Å². The molecule has 106 valence electrons. The van der Waals surface area contributed by atoms with Gasteiger partial charge in [-0.05, 0) is 44.0 Å². The SMILES string of the molecule is Cc1cccc(C(C)(C)C(=O)c2ccc(N)cn2)c1C#N. The summed E-state index contributed by atoms with van der Waals surface area (Å²) in [4.78, 5) is 16.8. The number of aryl methyl sites for hydroxylation is 1. The van der Waals surface area contributed by atoms with E-state index in [0.717, 1.165) is 5.56 Å². The molecule has 0 fully saturated rings. The average Bonchev–Trinajstić information content (AvgIpc) is 2.47. The van der Waals surface area contributed by atoms with Crippen molar-refractivity contribution in [3.8, 4) is 6.07 Å². The zero-order valence-corrected chi connectivity index (χ0v) is 12.3. The second-order valence-electron chi connectivity index (χ2n) is 5.54. The Morgan fingerprint density at radius 3 is 2.57 bits per heavy atom. The van der Waals surface area contributed by atoms with Crippen molar-refractivity contribution in [2.45, 2.75) is 26.2 Å². The van der Waals surface area contributed by atoms with Crippen LogP contribution in [0.25, 0.3) is 0 Å². The highest BCUT2D eigenvalue weighted by Gasteiger charge is 2.33. The van der Waals surface area contributed by atoms with Crippen molar-refractivity contribution < 1.29 is 4.79 Å². The molecule has 0 radical (unpaired) electrons. The first kappa shape index (κ1) is 14.7. The highest BCUT2D eigenvalue weighted by molar-refractivity contribution is 6.02. The lowest BCUT2D eigenvalue weighted by molar-refractivity contribution is 0.0903. The van der Waals surface area contributed by atoms with Gasteiger partial charge in [0, 0.05) is 0 Å². The van der Waals surface area contributed by atoms with E-state index < -0.39 is 5.41 Å². The van der Waals surface area contributed by atoms with E-state index >= 15 is 0 Å². The number of anilines is 1. The van der Waals surface area contributed by atoms with Crippen molar-refractivity contribution in [3.63, 3.8) is 0 Å². The third-order valence-corrected chi connectivity index (χ3v) is 3.64. The van der Waals surface area contributed by atoms with E-state index in [9.17, 15) is 10.1 Å². The van der Waals surface area contributed by atoms with E-state index in [-0.39, 0.29) is 5.78 Å². The van der Waals surface area contributed by atoms with Gasteiger partial charge in [0.2, 0.25) is 0 Å². The number of nitrogens with two attached hydrogens (primary N) is 1. The zero-order chi connectivity index (χ0) is 15.6. The van der Waals surface area contributed by atoms with Crippen molar-refractivity contribution in [3.05, 3.63) is 58.9 Å². The van der Waals surface area contributed by atoms with Crippen LogP contribution < -0.4 is 5.73 Å². The number of benzene rings is 1. The van der Waals surface area contributed by atoms with Gasteiger partial charge in [-0.25, -0.2) is 0 Å². The third kappa shape index (κ3) is 2.63. The number of carbonyl (C=O) groups is 1. The topological polar surface area (TPSA) is 79.8 Å². The molecule has 0 atom stereocenters. The van der Waals surface area contributed by atoms with E-state index in [2.05, 4.69) is 11.1 Å². The van der Waals surface area contributed by atoms with E-state index in [4.69, 9.17) is 5.73 Å². The Hall–Kier alpha value is -2.67. The molecular formula is C17H17N3O. The van der Waals surface area contributed by atoms with Gasteiger partial charge in [0.25, 0.3) is 0 Å². The first-order valence-corrected chi connectivity index (χ1v) is 6.64. The molecule has 0 unspecified atom stereocenters. The molecule has 21 heavy (non-hydrogen) atoms. The minimum Gasteiger partial charge on any atom is -0.397 e. The molecule has 0 aliphatic rings. The minimum absolute atomic E-state index is 0.135. The summed E-state index contributed by atoms with van der Waals surface area (Å²) in [5.74, 6) is -0.135. The second kappa shape index (κ2) is 5.37. The molecule has 4 nitrogen and oxygen atoms in total. The summed E-state index contributed by atoms with van der Waals surface area (Å²) in [6.07, 6.45) is 1.46. The fourth-order valence-electron chi connectivity index (χ4n) is 2.32. The van der Waals surface area contributed by atoms with E-state index in [1.54, 1.807) is 12.1 Å². The number of nitrogen functional groups attached to an aromatic ring is 1. The maximum atomic E-state index is 12.7. The Bertz CT molecular complexity index is 725. The number of nitrogens with zero attached hydrogens (tertiary/aromatic N) is 2. The quantitative estimate of drug-likeness (QED) is 0.876. The number of nitriles is 1. The highest BCUT2D eigenvalue weighted by Crippen LogP contribution is 2.31. The summed E-state index contributed by atoms with van der Waals surface area (Å²) in [6, 6.07) is 11.0. The molecule has 0 aliphatic heterocycles. The van der Waals surface area contributed by atoms with Crippen LogP contribution in [0.5, 0.6) is 0 Å². The lowest BCUT2D eigenvalue weighted by Gasteiger charge is -2.25. The van der Waals surface area contributed by atoms with Crippen molar-refractivity contribution in [2.75, 3.05) is 5.73 Å². The van der Waals surface area contributed by atoms with Gasteiger partial charge in [-0.1, -0.05) is 18.2 Å². The predicted molar refractivity (Wildman–Crippen MR) is 81.9 cm³/mol. The van der Waals surface area contributed by atoms with Gasteiger partial charge in [0.05, 0.1) is 28.9 Å². The Morgan fingerprint density at radius 1 is 1.29 bits per heavy atom. The van der Waals surface area contributed by atoms with Gasteiger partial charge in [0.1, 0.15) is 5.69 Å². The molecule has 0 saturated carbocycles. The molecule has 1 heterocycles. The number of hydrogen-bond acceptors (Lipinski definition) is 4. The Morgan fingerprint density at radius 2 is 2.00 bits per heavy atom. The molecule has 0 spiro atoms. The van der Waals surface area contributed by atoms with E-state index in [1.807, 2.05) is 39.0 Å². The lowest BCUT2D eigenvalue weighted by Crippen LogP contribution is -2.31. The first-order chi connectivity index (χ1) is 9.87. The molecule has 4 heteroatoms. The maximum absolute atomic E-state index is 12.7. The largest absolute Gasteiger partial charge is 0.397 e. The standard InChI is InChI=1S/C17H17N3O/c1-11-5-4-6-14(13(11)9-18)17(2,3)16(21)15-8-7-12(19)10-20-15/h4-8,10H,19H2,1-3H3. The van der Waals surface area contributed by atoms with Crippen LogP contribution in [0.15, 0.2) is 36.5 Å². The van der Waals surface area contributed by atoms with Gasteiger partial charge in [-0.2, -0.15) is 5.26 Å². The number of aromatic nitrogens is 1. The van der Waals surface area contributed by atoms with Gasteiger partial charge in [-0.3, -0.25) is 9.78 Å². The van der Waals surface area contributed by atoms with Gasteiger partial charge in [0.15, 0.2) is 5.78 Å². The number of hydrogen-bond donors (Lipinski definition) is 1. The normalized spacial score (nSPS) is 11.0. The number of ketones is 1. The lowest BCUT2D eigenvalue weighted by atomic mass is 9.76. The van der Waals surface area contributed by atoms with Crippen molar-refractivity contribution >= 4 is 11.5 Å². The molecule has 2 rings (SSSR count). The Labute approximate surface area is 124 Å². The van der Waals surface area contributed by atoms with Crippen LogP contribution in [0.2, 0.25) is 0 Å². The number of carbonyl (C=O) groups excluding carboxylic acids is 1. The molecule has 1 aromatic heterocycles. The van der Waals surface area contributed by atoms with Crippen LogP contribution in [0.1, 0.15) is 41.0 Å². The predicted octanol–water partition coefficient (Wildman–Crippen LogP) is 3.00. The maximum Gasteiger partial charge on any atom is 0.191 e. The second-order valence-corrected chi connectivity index (χ2v) is 5.54. The molecule has 0 aliphatic carbocycles. The summed E-state index contributed by atoms with van der Waals surface area (Å²) < 4.78 is 0. The highest BCUT2D eigenvalue weighted by atomic mass is 16.1. The van der Waals surface area contributed by atoms with Crippen molar-refractivity contribution in [1.29, 1.82) is 5.26 Å². The molecule has 2 N–H and O–H groups in total. The Balaban J connectivity index is 2.52. The Kier molecular flexibility index (Phi) is 3.77. The van der Waals surface area contributed by atoms with E-state index in [1.165, 1.54) is 6.20 Å². The van der Waals surface area contributed by atoms with Crippen LogP contribution >= 0.6 is 0 Å². The molecule has 0 saturated heterocycles. The first-order valence-electron chi connectivity index (χ1n) is 6.64. The fraction of sp³-hybridized carbons (Fsp3) is 0.235. The third-order valence-electron chi connectivity index (χ3n) is 3.64. The van der Waals surface area contributed by atoms with Gasteiger partial charge < -0.3 is 5.73 Å². The number of Topliss-reactive ketones (excluding diaryl/α,β-unsaturated/α-hetero) is 1. The van der Waals surface area contributed by atoms with Crippen LogP contribution in [0.3, 0.4) is 0 Å². The molecule has 2 aromatic rings. The van der Waals surface area contributed by atoms with Gasteiger partial charge >= 0.3 is 0 Å². The smallest absolute Gasteiger partial charge is 0.191 e. The molecule has 0 amide bonds. The average molecular weight is 279 g/mol. The molecule has 0 bridgehead atoms. The van der Waals surface area contributed by atoms with Crippen molar-refractivity contribution in [2.24, 2.45) is 0 Å². The summed E-state index contributed by atoms with van der Waals surface area (Å²) in [5, 5.41) is 9.36. The zero-order valence-electron chi connectivity index (χ0n) is 12.3. The van der Waals surface area contributed by atoms with Crippen LogP contribution in [-0.4, -0.2) is 10.8 Å².